The van der Waals surface area contributed by atoms with E-state index in [9.17, 15) is 4.79 Å². The first kappa shape index (κ1) is 17.1. The summed E-state index contributed by atoms with van der Waals surface area (Å²) in [4.78, 5) is 18.8. The fourth-order valence-corrected chi connectivity index (χ4v) is 2.92. The van der Waals surface area contributed by atoms with E-state index in [1.807, 2.05) is 31.7 Å². The summed E-state index contributed by atoms with van der Waals surface area (Å²) in [5, 5.41) is 0.507. The van der Waals surface area contributed by atoms with Crippen molar-refractivity contribution < 1.29 is 9.53 Å². The molecule has 4 nitrogen and oxygen atoms in total. The fraction of sp³-hybridized carbons (Fsp3) is 0.647. The van der Waals surface area contributed by atoms with E-state index in [1.54, 1.807) is 6.07 Å². The summed E-state index contributed by atoms with van der Waals surface area (Å²) in [7, 11) is 0. The molecule has 2 heterocycles. The van der Waals surface area contributed by atoms with E-state index in [-0.39, 0.29) is 12.1 Å². The predicted octanol–water partition coefficient (Wildman–Crippen LogP) is 4.44. The number of halogens is 1. The van der Waals surface area contributed by atoms with Gasteiger partial charge in [-0.1, -0.05) is 31.5 Å². The third-order valence-corrected chi connectivity index (χ3v) is 3.83. The molecule has 1 unspecified atom stereocenters. The Morgan fingerprint density at radius 2 is 2.14 bits per heavy atom. The predicted molar refractivity (Wildman–Crippen MR) is 88.0 cm³/mol. The molecule has 1 aromatic heterocycles. The third-order valence-electron chi connectivity index (χ3n) is 3.62. The van der Waals surface area contributed by atoms with Crippen LogP contribution in [0.3, 0.4) is 0 Å². The van der Waals surface area contributed by atoms with Crippen molar-refractivity contribution in [3.8, 4) is 0 Å². The lowest BCUT2D eigenvalue weighted by Crippen LogP contribution is -2.47. The zero-order chi connectivity index (χ0) is 16.5. The van der Waals surface area contributed by atoms with Gasteiger partial charge in [-0.25, -0.2) is 9.78 Å². The topological polar surface area (TPSA) is 42.4 Å². The Hall–Kier alpha value is -1.29. The Labute approximate surface area is 137 Å². The second-order valence-corrected chi connectivity index (χ2v) is 7.72. The summed E-state index contributed by atoms with van der Waals surface area (Å²) in [5.74, 6) is 0.496. The van der Waals surface area contributed by atoms with E-state index in [0.717, 1.165) is 24.1 Å². The average molecular weight is 325 g/mol. The smallest absolute Gasteiger partial charge is 0.410 e. The van der Waals surface area contributed by atoms with Gasteiger partial charge in [0.25, 0.3) is 0 Å². The van der Waals surface area contributed by atoms with Gasteiger partial charge in [0.05, 0.1) is 6.54 Å². The molecular weight excluding hydrogens is 300 g/mol. The number of aromatic nitrogens is 1. The van der Waals surface area contributed by atoms with Crippen molar-refractivity contribution in [1.29, 1.82) is 0 Å². The molecule has 1 aliphatic rings. The van der Waals surface area contributed by atoms with E-state index >= 15 is 0 Å². The van der Waals surface area contributed by atoms with Crippen molar-refractivity contribution in [3.05, 3.63) is 28.5 Å². The fourth-order valence-electron chi connectivity index (χ4n) is 2.76. The molecule has 0 saturated carbocycles. The minimum Gasteiger partial charge on any atom is -0.444 e. The maximum Gasteiger partial charge on any atom is 0.410 e. The van der Waals surface area contributed by atoms with Gasteiger partial charge in [-0.15, -0.1) is 0 Å². The van der Waals surface area contributed by atoms with Crippen LogP contribution in [0.5, 0.6) is 0 Å². The molecule has 2 rings (SSSR count). The standard InChI is InChI=1S/C17H25ClN2O2/c1-11(2)8-13-9-14-12(6-7-15(18)19-14)10-20(13)16(21)22-17(3,4)5/h6-7,11,13H,8-10H2,1-5H3. The summed E-state index contributed by atoms with van der Waals surface area (Å²) in [6.07, 6.45) is 1.40. The van der Waals surface area contributed by atoms with Crippen LogP contribution in [-0.4, -0.2) is 27.6 Å². The molecule has 0 fully saturated rings. The number of amides is 1. The minimum atomic E-state index is -0.488. The molecule has 1 amide bonds. The van der Waals surface area contributed by atoms with Crippen LogP contribution in [0, 0.1) is 5.92 Å². The molecule has 0 radical (unpaired) electrons. The first-order valence-corrected chi connectivity index (χ1v) is 8.17. The van der Waals surface area contributed by atoms with E-state index < -0.39 is 5.60 Å². The largest absolute Gasteiger partial charge is 0.444 e. The van der Waals surface area contributed by atoms with E-state index in [0.29, 0.717) is 17.6 Å². The van der Waals surface area contributed by atoms with E-state index in [1.165, 1.54) is 0 Å². The SMILES string of the molecule is CC(C)CC1Cc2nc(Cl)ccc2CN1C(=O)OC(C)(C)C. The van der Waals surface area contributed by atoms with E-state index in [2.05, 4.69) is 18.8 Å². The van der Waals surface area contributed by atoms with Crippen LogP contribution in [-0.2, 0) is 17.7 Å². The number of fused-ring (bicyclic) bond motifs is 1. The summed E-state index contributed by atoms with van der Waals surface area (Å²) in [6.45, 7) is 10.5. The zero-order valence-electron chi connectivity index (χ0n) is 14.0. The maximum atomic E-state index is 12.5. The van der Waals surface area contributed by atoms with Gasteiger partial charge >= 0.3 is 6.09 Å². The molecule has 0 bridgehead atoms. The van der Waals surface area contributed by atoms with Crippen LogP contribution >= 0.6 is 11.6 Å². The quantitative estimate of drug-likeness (QED) is 0.755. The van der Waals surface area contributed by atoms with Crippen LogP contribution in [0.2, 0.25) is 5.15 Å². The van der Waals surface area contributed by atoms with Gasteiger partial charge in [-0.05, 0) is 44.7 Å². The number of carbonyl (C=O) groups is 1. The first-order valence-electron chi connectivity index (χ1n) is 7.79. The number of hydrogen-bond donors (Lipinski definition) is 0. The van der Waals surface area contributed by atoms with Crippen LogP contribution in [0.4, 0.5) is 4.79 Å². The van der Waals surface area contributed by atoms with E-state index in [4.69, 9.17) is 16.3 Å². The number of pyridine rings is 1. The lowest BCUT2D eigenvalue weighted by atomic mass is 9.92. The van der Waals surface area contributed by atoms with Crippen LogP contribution in [0.15, 0.2) is 12.1 Å². The van der Waals surface area contributed by atoms with Crippen molar-refractivity contribution >= 4 is 17.7 Å². The number of ether oxygens (including phenoxy) is 1. The van der Waals surface area contributed by atoms with Gasteiger partial charge < -0.3 is 9.64 Å². The van der Waals surface area contributed by atoms with Gasteiger partial charge in [0.1, 0.15) is 10.8 Å². The first-order chi connectivity index (χ1) is 10.2. The monoisotopic (exact) mass is 324 g/mol. The molecule has 1 aliphatic heterocycles. The summed E-state index contributed by atoms with van der Waals surface area (Å²) < 4.78 is 5.57. The van der Waals surface area contributed by atoms with Crippen molar-refractivity contribution in [2.75, 3.05) is 0 Å². The third kappa shape index (κ3) is 4.35. The molecule has 0 saturated heterocycles. The summed E-state index contributed by atoms with van der Waals surface area (Å²) in [6, 6.07) is 3.83. The Kier molecular flexibility index (Phi) is 5.00. The highest BCUT2D eigenvalue weighted by Gasteiger charge is 2.33. The minimum absolute atomic E-state index is 0.105. The molecular formula is C17H25ClN2O2. The van der Waals surface area contributed by atoms with Crippen molar-refractivity contribution in [1.82, 2.24) is 9.88 Å². The molecule has 1 atom stereocenters. The highest BCUT2D eigenvalue weighted by atomic mass is 35.5. The molecule has 0 spiro atoms. The molecule has 0 aliphatic carbocycles. The number of carbonyl (C=O) groups excluding carboxylic acids is 1. The van der Waals surface area contributed by atoms with Gasteiger partial charge in [0.2, 0.25) is 0 Å². The average Bonchev–Trinajstić information content (AvgIpc) is 2.34. The Balaban J connectivity index is 2.25. The number of rotatable bonds is 2. The van der Waals surface area contributed by atoms with Gasteiger partial charge in [0, 0.05) is 18.2 Å². The number of hydrogen-bond acceptors (Lipinski definition) is 3. The van der Waals surface area contributed by atoms with Gasteiger partial charge in [-0.2, -0.15) is 0 Å². The Morgan fingerprint density at radius 1 is 1.45 bits per heavy atom. The second kappa shape index (κ2) is 6.45. The zero-order valence-corrected chi connectivity index (χ0v) is 14.8. The highest BCUT2D eigenvalue weighted by Crippen LogP contribution is 2.28. The molecule has 1 aromatic rings. The molecule has 22 heavy (non-hydrogen) atoms. The molecule has 5 heteroatoms. The van der Waals surface area contributed by atoms with Crippen molar-refractivity contribution in [3.63, 3.8) is 0 Å². The van der Waals surface area contributed by atoms with Crippen molar-refractivity contribution in [2.24, 2.45) is 5.92 Å². The van der Waals surface area contributed by atoms with Crippen LogP contribution < -0.4 is 0 Å². The highest BCUT2D eigenvalue weighted by molar-refractivity contribution is 6.29. The Bertz CT molecular complexity index is 552. The Morgan fingerprint density at radius 3 is 2.73 bits per heavy atom. The second-order valence-electron chi connectivity index (χ2n) is 7.34. The summed E-state index contributed by atoms with van der Waals surface area (Å²) >= 11 is 6.00. The molecule has 0 aromatic carbocycles. The normalized spacial score (nSPS) is 18.3. The summed E-state index contributed by atoms with van der Waals surface area (Å²) in [5.41, 5.74) is 1.56. The lowest BCUT2D eigenvalue weighted by molar-refractivity contribution is 0.00950. The van der Waals surface area contributed by atoms with Crippen molar-refractivity contribution in [2.45, 2.75) is 65.6 Å². The maximum absolute atomic E-state index is 12.5. The van der Waals surface area contributed by atoms with Crippen LogP contribution in [0.1, 0.15) is 52.3 Å². The van der Waals surface area contributed by atoms with Gasteiger partial charge in [0.15, 0.2) is 0 Å². The number of nitrogens with zero attached hydrogens (tertiary/aromatic N) is 2. The van der Waals surface area contributed by atoms with Gasteiger partial charge in [-0.3, -0.25) is 0 Å². The lowest BCUT2D eigenvalue weighted by Gasteiger charge is -2.38. The molecule has 122 valence electrons. The molecule has 0 N–H and O–H groups in total. The van der Waals surface area contributed by atoms with Crippen LogP contribution in [0.25, 0.3) is 0 Å².